The molecule has 4 nitrogen and oxygen atoms in total. The first-order valence-corrected chi connectivity index (χ1v) is 6.08. The average Bonchev–Trinajstić information content (AvgIpc) is 2.77. The third-order valence-corrected chi connectivity index (χ3v) is 3.24. The lowest BCUT2D eigenvalue weighted by atomic mass is 10.2. The predicted octanol–water partition coefficient (Wildman–Crippen LogP) is 2.92. The van der Waals surface area contributed by atoms with E-state index < -0.39 is 0 Å². The van der Waals surface area contributed by atoms with Crippen LogP contribution < -0.4 is 10.5 Å². The van der Waals surface area contributed by atoms with Gasteiger partial charge < -0.3 is 10.5 Å². The Morgan fingerprint density at radius 1 is 1.11 bits per heavy atom. The van der Waals surface area contributed by atoms with E-state index in [1.54, 1.807) is 7.11 Å². The molecular weight excluding hydrogens is 238 g/mol. The quantitative estimate of drug-likeness (QED) is 0.764. The highest BCUT2D eigenvalue weighted by Crippen LogP contribution is 2.26. The van der Waals surface area contributed by atoms with Crippen LogP contribution in [0.3, 0.4) is 0 Å². The molecular formula is C15H15N3O. The molecule has 0 atom stereocenters. The Balaban J connectivity index is 2.23. The van der Waals surface area contributed by atoms with E-state index in [2.05, 4.69) is 4.98 Å². The molecule has 0 aliphatic rings. The number of hydrogen-bond acceptors (Lipinski definition) is 3. The molecule has 1 aromatic heterocycles. The third-order valence-electron chi connectivity index (χ3n) is 3.24. The lowest BCUT2D eigenvalue weighted by Crippen LogP contribution is -2.00. The number of aryl methyl sites for hydroxylation is 1. The molecule has 0 aliphatic carbocycles. The van der Waals surface area contributed by atoms with Gasteiger partial charge in [0.2, 0.25) is 5.95 Å². The maximum absolute atomic E-state index is 6.05. The van der Waals surface area contributed by atoms with Gasteiger partial charge in [0.15, 0.2) is 0 Å². The summed E-state index contributed by atoms with van der Waals surface area (Å²) in [6.45, 7) is 2.03. The Morgan fingerprint density at radius 2 is 1.84 bits per heavy atom. The first-order chi connectivity index (χ1) is 9.20. The number of para-hydroxylation sites is 1. The summed E-state index contributed by atoms with van der Waals surface area (Å²) in [4.78, 5) is 4.44. The lowest BCUT2D eigenvalue weighted by molar-refractivity contribution is 0.415. The summed E-state index contributed by atoms with van der Waals surface area (Å²) in [5, 5.41) is 0. The molecule has 19 heavy (non-hydrogen) atoms. The Labute approximate surface area is 111 Å². The minimum absolute atomic E-state index is 0.495. The van der Waals surface area contributed by atoms with Crippen LogP contribution >= 0.6 is 0 Å². The van der Waals surface area contributed by atoms with Crippen LogP contribution in [0.25, 0.3) is 16.7 Å². The van der Waals surface area contributed by atoms with Crippen LogP contribution in [0.4, 0.5) is 5.95 Å². The van der Waals surface area contributed by atoms with Gasteiger partial charge in [0.05, 0.1) is 18.1 Å². The first-order valence-electron chi connectivity index (χ1n) is 6.08. The number of anilines is 1. The molecule has 0 amide bonds. The van der Waals surface area contributed by atoms with Crippen LogP contribution in [0, 0.1) is 6.92 Å². The van der Waals surface area contributed by atoms with Crippen molar-refractivity contribution < 1.29 is 4.74 Å². The highest BCUT2D eigenvalue weighted by Gasteiger charge is 2.11. The van der Waals surface area contributed by atoms with Crippen molar-refractivity contribution in [2.45, 2.75) is 6.92 Å². The maximum Gasteiger partial charge on any atom is 0.205 e. The van der Waals surface area contributed by atoms with Gasteiger partial charge in [0, 0.05) is 5.69 Å². The van der Waals surface area contributed by atoms with E-state index in [0.29, 0.717) is 5.95 Å². The van der Waals surface area contributed by atoms with Gasteiger partial charge in [0.25, 0.3) is 0 Å². The second kappa shape index (κ2) is 4.31. The van der Waals surface area contributed by atoms with E-state index in [1.807, 2.05) is 54.0 Å². The van der Waals surface area contributed by atoms with Crippen LogP contribution in [0.15, 0.2) is 42.5 Å². The summed E-state index contributed by atoms with van der Waals surface area (Å²) in [6, 6.07) is 13.8. The van der Waals surface area contributed by atoms with Crippen molar-refractivity contribution >= 4 is 17.0 Å². The van der Waals surface area contributed by atoms with E-state index in [1.165, 1.54) is 0 Å². The fourth-order valence-electron chi connectivity index (χ4n) is 2.26. The van der Waals surface area contributed by atoms with Gasteiger partial charge in [-0.05, 0) is 42.8 Å². The zero-order valence-corrected chi connectivity index (χ0v) is 10.9. The fourth-order valence-corrected chi connectivity index (χ4v) is 2.26. The number of fused-ring (bicyclic) bond motifs is 1. The van der Waals surface area contributed by atoms with Gasteiger partial charge in [-0.15, -0.1) is 0 Å². The van der Waals surface area contributed by atoms with E-state index in [-0.39, 0.29) is 0 Å². The average molecular weight is 253 g/mol. The summed E-state index contributed by atoms with van der Waals surface area (Å²) < 4.78 is 7.11. The molecule has 0 saturated carbocycles. The Kier molecular flexibility index (Phi) is 2.63. The van der Waals surface area contributed by atoms with E-state index in [4.69, 9.17) is 10.5 Å². The number of aromatic nitrogens is 2. The molecule has 4 heteroatoms. The topological polar surface area (TPSA) is 53.1 Å². The second-order valence-electron chi connectivity index (χ2n) is 4.45. The van der Waals surface area contributed by atoms with Crippen molar-refractivity contribution in [3.8, 4) is 11.4 Å². The van der Waals surface area contributed by atoms with Crippen molar-refractivity contribution in [1.82, 2.24) is 9.55 Å². The molecule has 2 N–H and O–H groups in total. The molecule has 2 aromatic carbocycles. The molecule has 0 saturated heterocycles. The highest BCUT2D eigenvalue weighted by atomic mass is 16.5. The van der Waals surface area contributed by atoms with Crippen LogP contribution in [0.2, 0.25) is 0 Å². The van der Waals surface area contributed by atoms with Crippen molar-refractivity contribution in [1.29, 1.82) is 0 Å². The third kappa shape index (κ3) is 1.81. The number of nitrogens with zero attached hydrogens (tertiary/aromatic N) is 2. The molecule has 3 aromatic rings. The first kappa shape index (κ1) is 11.6. The Morgan fingerprint density at radius 3 is 2.53 bits per heavy atom. The fraction of sp³-hybridized carbons (Fsp3) is 0.133. The Bertz CT molecular complexity index is 729. The Hall–Kier alpha value is -2.49. The summed E-state index contributed by atoms with van der Waals surface area (Å²) in [7, 11) is 1.65. The molecule has 3 rings (SSSR count). The van der Waals surface area contributed by atoms with E-state index in [0.717, 1.165) is 28.0 Å². The number of methoxy groups -OCH3 is 1. The second-order valence-corrected chi connectivity index (χ2v) is 4.45. The van der Waals surface area contributed by atoms with Crippen LogP contribution in [-0.2, 0) is 0 Å². The SMILES string of the molecule is COc1ccc(-n2c(N)nc3c(C)cccc32)cc1. The van der Waals surface area contributed by atoms with E-state index in [9.17, 15) is 0 Å². The normalized spacial score (nSPS) is 10.8. The molecule has 0 fully saturated rings. The smallest absolute Gasteiger partial charge is 0.205 e. The summed E-state index contributed by atoms with van der Waals surface area (Å²) in [5.74, 6) is 1.32. The summed E-state index contributed by atoms with van der Waals surface area (Å²) in [5.41, 5.74) is 10.1. The minimum Gasteiger partial charge on any atom is -0.497 e. The number of imidazole rings is 1. The van der Waals surface area contributed by atoms with Crippen molar-refractivity contribution in [3.63, 3.8) is 0 Å². The van der Waals surface area contributed by atoms with Crippen molar-refractivity contribution in [3.05, 3.63) is 48.0 Å². The van der Waals surface area contributed by atoms with Gasteiger partial charge in [-0.1, -0.05) is 12.1 Å². The number of rotatable bonds is 2. The predicted molar refractivity (Wildman–Crippen MR) is 76.8 cm³/mol. The minimum atomic E-state index is 0.495. The van der Waals surface area contributed by atoms with Gasteiger partial charge in [-0.25, -0.2) is 4.98 Å². The van der Waals surface area contributed by atoms with Crippen LogP contribution in [-0.4, -0.2) is 16.7 Å². The summed E-state index contributed by atoms with van der Waals surface area (Å²) >= 11 is 0. The van der Waals surface area contributed by atoms with Gasteiger partial charge in [0.1, 0.15) is 5.75 Å². The lowest BCUT2D eigenvalue weighted by Gasteiger charge is -2.07. The van der Waals surface area contributed by atoms with Crippen LogP contribution in [0.1, 0.15) is 5.56 Å². The maximum atomic E-state index is 6.05. The number of ether oxygens (including phenoxy) is 1. The number of benzene rings is 2. The van der Waals surface area contributed by atoms with E-state index >= 15 is 0 Å². The van der Waals surface area contributed by atoms with Crippen molar-refractivity contribution in [2.24, 2.45) is 0 Å². The standard InChI is InChI=1S/C15H15N3O/c1-10-4-3-5-13-14(10)17-15(16)18(13)11-6-8-12(19-2)9-7-11/h3-9H,1-2H3,(H2,16,17). The number of nitrogen functional groups attached to an aromatic ring is 1. The molecule has 0 aliphatic heterocycles. The highest BCUT2D eigenvalue weighted by molar-refractivity contribution is 5.83. The van der Waals surface area contributed by atoms with Crippen molar-refractivity contribution in [2.75, 3.05) is 12.8 Å². The molecule has 0 spiro atoms. The molecule has 96 valence electrons. The number of hydrogen-bond donors (Lipinski definition) is 1. The summed E-state index contributed by atoms with van der Waals surface area (Å²) in [6.07, 6.45) is 0. The zero-order chi connectivity index (χ0) is 13.4. The van der Waals surface area contributed by atoms with Gasteiger partial charge in [-0.3, -0.25) is 4.57 Å². The zero-order valence-electron chi connectivity index (χ0n) is 10.9. The van der Waals surface area contributed by atoms with Crippen LogP contribution in [0.5, 0.6) is 5.75 Å². The molecule has 0 unspecified atom stereocenters. The molecule has 0 bridgehead atoms. The van der Waals surface area contributed by atoms with Gasteiger partial charge in [-0.2, -0.15) is 0 Å². The monoisotopic (exact) mass is 253 g/mol. The number of nitrogens with two attached hydrogens (primary N) is 1. The largest absolute Gasteiger partial charge is 0.497 e. The molecule has 1 heterocycles. The van der Waals surface area contributed by atoms with Gasteiger partial charge >= 0.3 is 0 Å². The molecule has 0 radical (unpaired) electrons.